The zero-order valence-corrected chi connectivity index (χ0v) is 9.24. The monoisotopic (exact) mass is 201 g/mol. The van der Waals surface area contributed by atoms with Crippen LogP contribution in [0.3, 0.4) is 0 Å². The zero-order chi connectivity index (χ0) is 9.68. The molecule has 13 heavy (non-hydrogen) atoms. The SMILES string of the molecule is C=C(Cl)CNC(C)C1CCCCC1. The first-order chi connectivity index (χ1) is 6.20. The fraction of sp³-hybridized carbons (Fsp3) is 0.818. The first-order valence-corrected chi connectivity index (χ1v) is 5.64. The van der Waals surface area contributed by atoms with Crippen LogP contribution in [-0.4, -0.2) is 12.6 Å². The summed E-state index contributed by atoms with van der Waals surface area (Å²) in [6.07, 6.45) is 6.98. The van der Waals surface area contributed by atoms with Gasteiger partial charge in [0, 0.05) is 17.6 Å². The van der Waals surface area contributed by atoms with E-state index >= 15 is 0 Å². The Hall–Kier alpha value is -0.0100. The summed E-state index contributed by atoms with van der Waals surface area (Å²) in [5.41, 5.74) is 0. The van der Waals surface area contributed by atoms with E-state index in [-0.39, 0.29) is 0 Å². The van der Waals surface area contributed by atoms with Gasteiger partial charge in [-0.3, -0.25) is 0 Å². The van der Waals surface area contributed by atoms with Crippen molar-refractivity contribution >= 4 is 11.6 Å². The van der Waals surface area contributed by atoms with E-state index in [1.165, 1.54) is 32.1 Å². The highest BCUT2D eigenvalue weighted by Gasteiger charge is 2.19. The Labute approximate surface area is 86.5 Å². The molecule has 0 spiro atoms. The summed E-state index contributed by atoms with van der Waals surface area (Å²) >= 11 is 5.70. The zero-order valence-electron chi connectivity index (χ0n) is 8.48. The summed E-state index contributed by atoms with van der Waals surface area (Å²) < 4.78 is 0. The summed E-state index contributed by atoms with van der Waals surface area (Å²) in [5.74, 6) is 0.852. The molecule has 1 aliphatic rings. The lowest BCUT2D eigenvalue weighted by atomic mass is 9.84. The van der Waals surface area contributed by atoms with Crippen molar-refractivity contribution in [2.45, 2.75) is 45.1 Å². The topological polar surface area (TPSA) is 12.0 Å². The molecule has 0 saturated heterocycles. The molecule has 1 saturated carbocycles. The van der Waals surface area contributed by atoms with Crippen LogP contribution in [0.15, 0.2) is 11.6 Å². The second-order valence-corrected chi connectivity index (χ2v) is 4.62. The molecule has 1 unspecified atom stereocenters. The van der Waals surface area contributed by atoms with Gasteiger partial charge in [0.15, 0.2) is 0 Å². The molecule has 0 aromatic carbocycles. The van der Waals surface area contributed by atoms with Crippen molar-refractivity contribution < 1.29 is 0 Å². The van der Waals surface area contributed by atoms with Crippen molar-refractivity contribution in [1.29, 1.82) is 0 Å². The molecule has 0 amide bonds. The van der Waals surface area contributed by atoms with Gasteiger partial charge in [0.1, 0.15) is 0 Å². The molecule has 0 aliphatic heterocycles. The van der Waals surface area contributed by atoms with Gasteiger partial charge in [0.05, 0.1) is 0 Å². The van der Waals surface area contributed by atoms with Crippen molar-refractivity contribution in [3.05, 3.63) is 11.6 Å². The number of rotatable bonds is 4. The van der Waals surface area contributed by atoms with E-state index in [0.29, 0.717) is 11.1 Å². The predicted molar refractivity (Wildman–Crippen MR) is 59.0 cm³/mol. The van der Waals surface area contributed by atoms with Crippen LogP contribution in [-0.2, 0) is 0 Å². The first kappa shape index (κ1) is 11.1. The van der Waals surface area contributed by atoms with Crippen LogP contribution in [0.5, 0.6) is 0 Å². The van der Waals surface area contributed by atoms with Crippen LogP contribution in [0, 0.1) is 5.92 Å². The maximum absolute atomic E-state index is 5.70. The Kier molecular flexibility index (Phi) is 4.82. The molecule has 76 valence electrons. The van der Waals surface area contributed by atoms with Gasteiger partial charge in [-0.05, 0) is 25.7 Å². The van der Waals surface area contributed by atoms with Crippen molar-refractivity contribution in [2.75, 3.05) is 6.54 Å². The van der Waals surface area contributed by atoms with Crippen LogP contribution >= 0.6 is 11.6 Å². The van der Waals surface area contributed by atoms with Gasteiger partial charge in [0.25, 0.3) is 0 Å². The van der Waals surface area contributed by atoms with Gasteiger partial charge < -0.3 is 5.32 Å². The fourth-order valence-corrected chi connectivity index (χ4v) is 2.15. The highest BCUT2D eigenvalue weighted by atomic mass is 35.5. The second-order valence-electron chi connectivity index (χ2n) is 4.08. The Balaban J connectivity index is 2.20. The molecule has 1 nitrogen and oxygen atoms in total. The molecule has 1 aliphatic carbocycles. The fourth-order valence-electron chi connectivity index (χ4n) is 2.07. The maximum atomic E-state index is 5.70. The summed E-state index contributed by atoms with van der Waals surface area (Å²) in [7, 11) is 0. The van der Waals surface area contributed by atoms with E-state index in [0.717, 1.165) is 12.5 Å². The van der Waals surface area contributed by atoms with Crippen LogP contribution in [0.25, 0.3) is 0 Å². The van der Waals surface area contributed by atoms with Crippen LogP contribution < -0.4 is 5.32 Å². The van der Waals surface area contributed by atoms with Crippen molar-refractivity contribution in [2.24, 2.45) is 5.92 Å². The Morgan fingerprint density at radius 3 is 2.62 bits per heavy atom. The highest BCUT2D eigenvalue weighted by Crippen LogP contribution is 2.26. The van der Waals surface area contributed by atoms with E-state index in [1.807, 2.05) is 0 Å². The minimum absolute atomic E-state index is 0.593. The summed E-state index contributed by atoms with van der Waals surface area (Å²) in [5, 5.41) is 4.13. The van der Waals surface area contributed by atoms with Crippen LogP contribution in [0.2, 0.25) is 0 Å². The highest BCUT2D eigenvalue weighted by molar-refractivity contribution is 6.29. The van der Waals surface area contributed by atoms with Crippen LogP contribution in [0.1, 0.15) is 39.0 Å². The first-order valence-electron chi connectivity index (χ1n) is 5.27. The molecule has 1 rings (SSSR count). The third-order valence-electron chi connectivity index (χ3n) is 2.97. The third kappa shape index (κ3) is 4.15. The van der Waals surface area contributed by atoms with Crippen molar-refractivity contribution in [1.82, 2.24) is 5.32 Å². The van der Waals surface area contributed by atoms with Gasteiger partial charge in [-0.15, -0.1) is 0 Å². The Morgan fingerprint density at radius 2 is 2.08 bits per heavy atom. The standard InChI is InChI=1S/C11H20ClN/c1-9(12)8-13-10(2)11-6-4-3-5-7-11/h10-11,13H,1,3-8H2,2H3. The van der Waals surface area contributed by atoms with Crippen LogP contribution in [0.4, 0.5) is 0 Å². The number of halogens is 1. The quantitative estimate of drug-likeness (QED) is 0.736. The van der Waals surface area contributed by atoms with E-state index in [2.05, 4.69) is 18.8 Å². The van der Waals surface area contributed by atoms with Gasteiger partial charge in [-0.2, -0.15) is 0 Å². The van der Waals surface area contributed by atoms with E-state index in [4.69, 9.17) is 11.6 Å². The minimum atomic E-state index is 0.593. The number of nitrogens with one attached hydrogen (secondary N) is 1. The van der Waals surface area contributed by atoms with E-state index < -0.39 is 0 Å². The van der Waals surface area contributed by atoms with Crippen molar-refractivity contribution in [3.63, 3.8) is 0 Å². The lowest BCUT2D eigenvalue weighted by Crippen LogP contribution is -2.35. The molecule has 0 radical (unpaired) electrons. The Morgan fingerprint density at radius 1 is 1.46 bits per heavy atom. The second kappa shape index (κ2) is 5.66. The molecular formula is C11H20ClN. The molecule has 0 aromatic rings. The Bertz CT molecular complexity index is 161. The molecular weight excluding hydrogens is 182 g/mol. The minimum Gasteiger partial charge on any atom is -0.309 e. The average molecular weight is 202 g/mol. The van der Waals surface area contributed by atoms with Gasteiger partial charge >= 0.3 is 0 Å². The smallest absolute Gasteiger partial charge is 0.0310 e. The average Bonchev–Trinajstić information content (AvgIpc) is 2.15. The summed E-state index contributed by atoms with van der Waals surface area (Å²) in [6, 6.07) is 0.593. The summed E-state index contributed by atoms with van der Waals surface area (Å²) in [4.78, 5) is 0. The summed E-state index contributed by atoms with van der Waals surface area (Å²) in [6.45, 7) is 6.68. The van der Waals surface area contributed by atoms with Gasteiger partial charge in [-0.1, -0.05) is 37.4 Å². The van der Waals surface area contributed by atoms with Gasteiger partial charge in [0.2, 0.25) is 0 Å². The number of hydrogen-bond donors (Lipinski definition) is 1. The van der Waals surface area contributed by atoms with Crippen molar-refractivity contribution in [3.8, 4) is 0 Å². The molecule has 1 N–H and O–H groups in total. The molecule has 1 atom stereocenters. The molecule has 1 fully saturated rings. The molecule has 0 aromatic heterocycles. The predicted octanol–water partition coefficient (Wildman–Crippen LogP) is 3.30. The molecule has 0 heterocycles. The maximum Gasteiger partial charge on any atom is 0.0310 e. The normalized spacial score (nSPS) is 21.4. The van der Waals surface area contributed by atoms with Gasteiger partial charge in [-0.25, -0.2) is 0 Å². The molecule has 2 heteroatoms. The lowest BCUT2D eigenvalue weighted by molar-refractivity contribution is 0.286. The molecule has 0 bridgehead atoms. The number of hydrogen-bond acceptors (Lipinski definition) is 1. The van der Waals surface area contributed by atoms with E-state index in [9.17, 15) is 0 Å². The lowest BCUT2D eigenvalue weighted by Gasteiger charge is -2.28. The third-order valence-corrected chi connectivity index (χ3v) is 3.11. The largest absolute Gasteiger partial charge is 0.309 e. The van der Waals surface area contributed by atoms with E-state index in [1.54, 1.807) is 0 Å².